The maximum absolute atomic E-state index is 13.4. The SMILES string of the molecule is CCC1Nc2ccc(OC(C)(C)F)cc2N1C. The molecule has 1 atom stereocenters. The fraction of sp³-hybridized carbons (Fsp3) is 0.538. The lowest BCUT2D eigenvalue weighted by Crippen LogP contribution is -2.31. The predicted molar refractivity (Wildman–Crippen MR) is 68.4 cm³/mol. The molecule has 17 heavy (non-hydrogen) atoms. The first-order chi connectivity index (χ1) is 7.90. The number of hydrogen-bond acceptors (Lipinski definition) is 3. The minimum atomic E-state index is -1.65. The first kappa shape index (κ1) is 12.0. The van der Waals surface area contributed by atoms with E-state index in [9.17, 15) is 4.39 Å². The van der Waals surface area contributed by atoms with Crippen molar-refractivity contribution in [3.63, 3.8) is 0 Å². The Balaban J connectivity index is 2.25. The summed E-state index contributed by atoms with van der Waals surface area (Å²) in [5.41, 5.74) is 2.13. The van der Waals surface area contributed by atoms with Crippen LogP contribution in [-0.4, -0.2) is 19.1 Å². The lowest BCUT2D eigenvalue weighted by Gasteiger charge is -2.21. The molecule has 1 aliphatic heterocycles. The Morgan fingerprint density at radius 1 is 1.47 bits per heavy atom. The molecule has 0 saturated heterocycles. The van der Waals surface area contributed by atoms with Gasteiger partial charge in [0.1, 0.15) is 5.75 Å². The molecule has 1 aliphatic rings. The summed E-state index contributed by atoms with van der Waals surface area (Å²) >= 11 is 0. The molecule has 1 aromatic rings. The minimum Gasteiger partial charge on any atom is -0.458 e. The van der Waals surface area contributed by atoms with Crippen molar-refractivity contribution in [2.75, 3.05) is 17.3 Å². The summed E-state index contributed by atoms with van der Waals surface area (Å²) < 4.78 is 18.6. The van der Waals surface area contributed by atoms with E-state index in [0.717, 1.165) is 17.8 Å². The van der Waals surface area contributed by atoms with Crippen molar-refractivity contribution in [1.29, 1.82) is 0 Å². The second-order valence-corrected chi connectivity index (χ2v) is 4.82. The monoisotopic (exact) mass is 238 g/mol. The quantitative estimate of drug-likeness (QED) is 0.873. The number of benzene rings is 1. The van der Waals surface area contributed by atoms with Gasteiger partial charge in [0.2, 0.25) is 5.85 Å². The van der Waals surface area contributed by atoms with Gasteiger partial charge < -0.3 is 15.0 Å². The van der Waals surface area contributed by atoms with Gasteiger partial charge in [-0.15, -0.1) is 0 Å². The molecule has 1 aromatic carbocycles. The molecule has 0 saturated carbocycles. The molecule has 0 radical (unpaired) electrons. The van der Waals surface area contributed by atoms with E-state index in [1.54, 1.807) is 6.07 Å². The Bertz CT molecular complexity index is 414. The number of rotatable bonds is 3. The number of nitrogens with zero attached hydrogens (tertiary/aromatic N) is 1. The molecule has 1 unspecified atom stereocenters. The standard InChI is InChI=1S/C13H19FN2O/c1-5-12-15-10-7-6-9(17-13(2,3)14)8-11(10)16(12)4/h6-8,12,15H,5H2,1-4H3. The molecule has 1 N–H and O–H groups in total. The number of nitrogens with one attached hydrogen (secondary N) is 1. The molecule has 0 amide bonds. The number of fused-ring (bicyclic) bond motifs is 1. The summed E-state index contributed by atoms with van der Waals surface area (Å²) in [7, 11) is 2.03. The van der Waals surface area contributed by atoms with Crippen molar-refractivity contribution in [2.24, 2.45) is 0 Å². The molecular weight excluding hydrogens is 219 g/mol. The van der Waals surface area contributed by atoms with E-state index in [-0.39, 0.29) is 0 Å². The van der Waals surface area contributed by atoms with Crippen molar-refractivity contribution >= 4 is 11.4 Å². The smallest absolute Gasteiger partial charge is 0.242 e. The van der Waals surface area contributed by atoms with Gasteiger partial charge in [0.25, 0.3) is 0 Å². The van der Waals surface area contributed by atoms with Gasteiger partial charge >= 0.3 is 0 Å². The van der Waals surface area contributed by atoms with Crippen LogP contribution >= 0.6 is 0 Å². The molecule has 94 valence electrons. The zero-order valence-corrected chi connectivity index (χ0v) is 10.7. The highest BCUT2D eigenvalue weighted by atomic mass is 19.2. The Morgan fingerprint density at radius 2 is 2.18 bits per heavy atom. The van der Waals surface area contributed by atoms with E-state index in [4.69, 9.17) is 4.74 Å². The lowest BCUT2D eigenvalue weighted by molar-refractivity contribution is -0.0256. The Hall–Kier alpha value is -1.45. The van der Waals surface area contributed by atoms with E-state index in [1.807, 2.05) is 19.2 Å². The molecule has 4 heteroatoms. The second-order valence-electron chi connectivity index (χ2n) is 4.82. The Morgan fingerprint density at radius 3 is 2.76 bits per heavy atom. The maximum atomic E-state index is 13.4. The number of ether oxygens (including phenoxy) is 1. The molecule has 0 bridgehead atoms. The summed E-state index contributed by atoms with van der Waals surface area (Å²) in [6.07, 6.45) is 1.31. The van der Waals surface area contributed by atoms with Crippen LogP contribution in [0.4, 0.5) is 15.8 Å². The highest BCUT2D eigenvalue weighted by Crippen LogP contribution is 2.37. The first-order valence-electron chi connectivity index (χ1n) is 5.92. The number of alkyl halides is 1. The second kappa shape index (κ2) is 4.09. The van der Waals surface area contributed by atoms with Gasteiger partial charge in [0, 0.05) is 27.0 Å². The van der Waals surface area contributed by atoms with Gasteiger partial charge in [-0.1, -0.05) is 6.92 Å². The maximum Gasteiger partial charge on any atom is 0.242 e. The molecule has 0 aliphatic carbocycles. The third kappa shape index (κ3) is 2.46. The van der Waals surface area contributed by atoms with Crippen LogP contribution in [0.5, 0.6) is 5.75 Å². The molecule has 3 nitrogen and oxygen atoms in total. The summed E-state index contributed by atoms with van der Waals surface area (Å²) in [5.74, 6) is -1.09. The van der Waals surface area contributed by atoms with Gasteiger partial charge in [-0.3, -0.25) is 0 Å². The topological polar surface area (TPSA) is 24.5 Å². The van der Waals surface area contributed by atoms with Crippen molar-refractivity contribution in [2.45, 2.75) is 39.2 Å². The highest BCUT2D eigenvalue weighted by Gasteiger charge is 2.25. The van der Waals surface area contributed by atoms with Gasteiger partial charge in [0.15, 0.2) is 0 Å². The van der Waals surface area contributed by atoms with Crippen molar-refractivity contribution in [3.8, 4) is 5.75 Å². The van der Waals surface area contributed by atoms with Crippen LogP contribution in [0, 0.1) is 0 Å². The van der Waals surface area contributed by atoms with Crippen LogP contribution in [0.15, 0.2) is 18.2 Å². The summed E-state index contributed by atoms with van der Waals surface area (Å²) in [6, 6.07) is 5.60. The van der Waals surface area contributed by atoms with Crippen molar-refractivity contribution in [1.82, 2.24) is 0 Å². The third-order valence-corrected chi connectivity index (χ3v) is 2.89. The zero-order valence-electron chi connectivity index (χ0n) is 10.7. The molecule has 0 fully saturated rings. The fourth-order valence-electron chi connectivity index (χ4n) is 2.09. The summed E-state index contributed by atoms with van der Waals surface area (Å²) in [5, 5.41) is 3.40. The lowest BCUT2D eigenvalue weighted by atomic mass is 10.2. The molecular formula is C13H19FN2O. The average molecular weight is 238 g/mol. The van der Waals surface area contributed by atoms with Crippen LogP contribution in [-0.2, 0) is 0 Å². The Labute approximate surface area is 102 Å². The third-order valence-electron chi connectivity index (χ3n) is 2.89. The van der Waals surface area contributed by atoms with Crippen molar-refractivity contribution in [3.05, 3.63) is 18.2 Å². The fourth-order valence-corrected chi connectivity index (χ4v) is 2.09. The van der Waals surface area contributed by atoms with Crippen molar-refractivity contribution < 1.29 is 9.13 Å². The van der Waals surface area contributed by atoms with Crippen LogP contribution in [0.2, 0.25) is 0 Å². The van der Waals surface area contributed by atoms with Crippen LogP contribution in [0.3, 0.4) is 0 Å². The van der Waals surface area contributed by atoms with Gasteiger partial charge in [-0.25, -0.2) is 0 Å². The number of halogens is 1. The summed E-state index contributed by atoms with van der Waals surface area (Å²) in [6.45, 7) is 4.93. The molecule has 0 spiro atoms. The van der Waals surface area contributed by atoms with Crippen LogP contribution < -0.4 is 15.0 Å². The van der Waals surface area contributed by atoms with E-state index in [1.165, 1.54) is 13.8 Å². The largest absolute Gasteiger partial charge is 0.458 e. The molecule has 2 rings (SSSR count). The van der Waals surface area contributed by atoms with Crippen LogP contribution in [0.25, 0.3) is 0 Å². The Kier molecular flexibility index (Phi) is 2.89. The molecule has 0 aromatic heterocycles. The first-order valence-corrected chi connectivity index (χ1v) is 5.92. The average Bonchev–Trinajstić information content (AvgIpc) is 2.53. The normalized spacial score (nSPS) is 18.9. The van der Waals surface area contributed by atoms with E-state index in [2.05, 4.69) is 17.1 Å². The predicted octanol–water partition coefficient (Wildman–Crippen LogP) is 3.37. The minimum absolute atomic E-state index is 0.304. The van der Waals surface area contributed by atoms with E-state index < -0.39 is 5.85 Å². The van der Waals surface area contributed by atoms with Gasteiger partial charge in [-0.2, -0.15) is 4.39 Å². The van der Waals surface area contributed by atoms with Gasteiger partial charge in [-0.05, 0) is 18.6 Å². The van der Waals surface area contributed by atoms with E-state index in [0.29, 0.717) is 11.9 Å². The van der Waals surface area contributed by atoms with Gasteiger partial charge in [0.05, 0.1) is 17.5 Å². The highest BCUT2D eigenvalue weighted by molar-refractivity contribution is 5.77. The number of hydrogen-bond donors (Lipinski definition) is 1. The summed E-state index contributed by atoms with van der Waals surface area (Å²) in [4.78, 5) is 2.15. The van der Waals surface area contributed by atoms with Crippen LogP contribution in [0.1, 0.15) is 27.2 Å². The zero-order chi connectivity index (χ0) is 12.6. The molecule has 1 heterocycles. The number of anilines is 2. The van der Waals surface area contributed by atoms with E-state index >= 15 is 0 Å².